The molecule has 1 aromatic carbocycles. The lowest BCUT2D eigenvalue weighted by atomic mass is 9.79. The number of halogens is 3. The molecule has 0 unspecified atom stereocenters. The molecule has 3 aliphatic heterocycles. The van der Waals surface area contributed by atoms with Crippen molar-refractivity contribution in [2.45, 2.75) is 94.3 Å². The maximum absolute atomic E-state index is 13.1. The van der Waals surface area contributed by atoms with Gasteiger partial charge in [-0.05, 0) is 81.2 Å². The second-order valence-corrected chi connectivity index (χ2v) is 13.9. The van der Waals surface area contributed by atoms with Crippen molar-refractivity contribution in [2.24, 2.45) is 5.92 Å². The Morgan fingerprint density at radius 3 is 2.39 bits per heavy atom. The number of β-amino-alcohol motifs (C(OH)–C–C–N with tert-alkyl or cyclic N) is 1. The Balaban J connectivity index is 0.998. The molecule has 2 aromatic rings. The quantitative estimate of drug-likeness (QED) is 0.420. The van der Waals surface area contributed by atoms with Crippen molar-refractivity contribution in [2.75, 3.05) is 37.6 Å². The van der Waals surface area contributed by atoms with Crippen LogP contribution in [0.15, 0.2) is 42.6 Å². The van der Waals surface area contributed by atoms with Gasteiger partial charge < -0.3 is 25.3 Å². The molecule has 4 aliphatic rings. The van der Waals surface area contributed by atoms with Crippen LogP contribution in [0.1, 0.15) is 80.4 Å². The van der Waals surface area contributed by atoms with Crippen molar-refractivity contribution in [3.63, 3.8) is 0 Å². The summed E-state index contributed by atoms with van der Waals surface area (Å²) < 4.78 is 39.1. The van der Waals surface area contributed by atoms with E-state index in [2.05, 4.69) is 20.1 Å². The number of hydrogen-bond acceptors (Lipinski definition) is 7. The van der Waals surface area contributed by atoms with Gasteiger partial charge in [0.15, 0.2) is 0 Å². The van der Waals surface area contributed by atoms with E-state index in [0.717, 1.165) is 63.0 Å². The maximum atomic E-state index is 13.1. The smallest absolute Gasteiger partial charge is 0.388 e. The molecule has 1 aromatic heterocycles. The Morgan fingerprint density at radius 2 is 1.74 bits per heavy atom. The number of aliphatic hydroxyl groups is 2. The fourth-order valence-corrected chi connectivity index (χ4v) is 8.00. The van der Waals surface area contributed by atoms with Crippen LogP contribution in [0.3, 0.4) is 0 Å². The zero-order valence-electron chi connectivity index (χ0n) is 26.5. The molecule has 2 amide bonds. The van der Waals surface area contributed by atoms with Crippen molar-refractivity contribution in [1.29, 1.82) is 0 Å². The lowest BCUT2D eigenvalue weighted by Gasteiger charge is -2.41. The molecule has 6 rings (SSSR count). The number of aromatic nitrogens is 1. The summed E-state index contributed by atoms with van der Waals surface area (Å²) in [5, 5.41) is 24.9. The summed E-state index contributed by atoms with van der Waals surface area (Å²) in [6, 6.07) is 8.63. The van der Waals surface area contributed by atoms with Gasteiger partial charge in [-0.25, -0.2) is 0 Å². The maximum Gasteiger partial charge on any atom is 0.416 e. The van der Waals surface area contributed by atoms with Crippen molar-refractivity contribution < 1.29 is 33.0 Å². The summed E-state index contributed by atoms with van der Waals surface area (Å²) in [4.78, 5) is 36.7. The van der Waals surface area contributed by atoms with Crippen LogP contribution in [0.25, 0.3) is 0 Å². The molecule has 4 fully saturated rings. The average molecular weight is 644 g/mol. The molecule has 0 bridgehead atoms. The largest absolute Gasteiger partial charge is 0.416 e. The molecule has 1 aliphatic carbocycles. The number of nitrogens with zero attached hydrogens (tertiary/aromatic N) is 4. The molecule has 3 N–H and O–H groups in total. The molecule has 4 heterocycles. The molecule has 250 valence electrons. The molecular formula is C34H44F3N5O4. The summed E-state index contributed by atoms with van der Waals surface area (Å²) in [6.45, 7) is 6.59. The Kier molecular flexibility index (Phi) is 8.84. The van der Waals surface area contributed by atoms with Crippen LogP contribution in [-0.2, 0) is 16.6 Å². The Labute approximate surface area is 267 Å². The Morgan fingerprint density at radius 1 is 1.00 bits per heavy atom. The number of amides is 2. The third-order valence-corrected chi connectivity index (χ3v) is 11.0. The number of alkyl halides is 3. The van der Waals surface area contributed by atoms with Gasteiger partial charge in [0.1, 0.15) is 5.60 Å². The predicted molar refractivity (Wildman–Crippen MR) is 166 cm³/mol. The van der Waals surface area contributed by atoms with E-state index >= 15 is 0 Å². The van der Waals surface area contributed by atoms with E-state index in [1.54, 1.807) is 0 Å². The van der Waals surface area contributed by atoms with E-state index in [9.17, 15) is 33.0 Å². The number of carbonyl (C=O) groups excluding carboxylic acids is 2. The van der Waals surface area contributed by atoms with E-state index in [1.807, 2.05) is 37.1 Å². The minimum atomic E-state index is -4.55. The monoisotopic (exact) mass is 643 g/mol. The molecule has 12 heteroatoms. The van der Waals surface area contributed by atoms with E-state index in [1.165, 1.54) is 12.1 Å². The minimum Gasteiger partial charge on any atom is -0.388 e. The topological polar surface area (TPSA) is 109 Å². The second-order valence-electron chi connectivity index (χ2n) is 13.9. The first kappa shape index (κ1) is 32.7. The van der Waals surface area contributed by atoms with Gasteiger partial charge in [-0.2, -0.15) is 13.2 Å². The predicted octanol–water partition coefficient (Wildman–Crippen LogP) is 3.93. The SMILES string of the molecule is CC(C)[C@]1(O)CCN(c2ccc(C3(O)CCC(N4CC[C@H]5[C@@H]4CCN5C(=O)CNC(=O)c4cccc(C(F)(F)F)c4)CC3)nc2)C1. The van der Waals surface area contributed by atoms with Crippen molar-refractivity contribution in [1.82, 2.24) is 20.1 Å². The first-order valence-corrected chi connectivity index (χ1v) is 16.4. The highest BCUT2D eigenvalue weighted by atomic mass is 19.4. The normalized spacial score (nSPS) is 30.2. The van der Waals surface area contributed by atoms with Gasteiger partial charge in [-0.15, -0.1) is 0 Å². The summed E-state index contributed by atoms with van der Waals surface area (Å²) in [7, 11) is 0. The zero-order chi connectivity index (χ0) is 32.9. The van der Waals surface area contributed by atoms with Crippen LogP contribution >= 0.6 is 0 Å². The number of anilines is 1. The summed E-state index contributed by atoms with van der Waals surface area (Å²) in [6.07, 6.45) is 2.45. The van der Waals surface area contributed by atoms with Gasteiger partial charge >= 0.3 is 6.18 Å². The highest BCUT2D eigenvalue weighted by Gasteiger charge is 2.48. The van der Waals surface area contributed by atoms with Crippen LogP contribution in [0.4, 0.5) is 18.9 Å². The standard InChI is InChI=1S/C34H44F3N5O4/c1-22(2)33(46)14-17-40(21-33)26-6-7-29(38-19-26)32(45)12-8-25(9-13-32)41-15-10-28-27(41)11-16-42(28)30(43)20-39-31(44)23-4-3-5-24(18-23)34(35,36)37/h3-7,18-19,22,25,27-28,45-46H,8-17,20-21H2,1-2H3,(H,39,44)/t25?,27-,28-,32?,33-/m0/s1. The van der Waals surface area contributed by atoms with E-state index in [0.29, 0.717) is 37.7 Å². The molecule has 46 heavy (non-hydrogen) atoms. The Bertz CT molecular complexity index is 1430. The Hall–Kier alpha value is -3.22. The van der Waals surface area contributed by atoms with E-state index in [-0.39, 0.29) is 36.0 Å². The lowest BCUT2D eigenvalue weighted by molar-refractivity contribution is -0.137. The van der Waals surface area contributed by atoms with Gasteiger partial charge in [-0.3, -0.25) is 19.5 Å². The van der Waals surface area contributed by atoms with Crippen molar-refractivity contribution >= 4 is 17.5 Å². The van der Waals surface area contributed by atoms with Gasteiger partial charge in [-0.1, -0.05) is 19.9 Å². The molecular weight excluding hydrogens is 599 g/mol. The fraction of sp³-hybridized carbons (Fsp3) is 0.618. The summed E-state index contributed by atoms with van der Waals surface area (Å²) in [5.41, 5.74) is -1.10. The first-order chi connectivity index (χ1) is 21.8. The number of rotatable bonds is 7. The molecule has 3 atom stereocenters. The first-order valence-electron chi connectivity index (χ1n) is 16.4. The number of likely N-dealkylation sites (tertiary alicyclic amines) is 2. The third-order valence-electron chi connectivity index (χ3n) is 11.0. The van der Waals surface area contributed by atoms with Crippen molar-refractivity contribution in [3.05, 3.63) is 59.4 Å². The highest BCUT2D eigenvalue weighted by molar-refractivity contribution is 5.96. The van der Waals surface area contributed by atoms with E-state index in [4.69, 9.17) is 0 Å². The number of benzene rings is 1. The van der Waals surface area contributed by atoms with Crippen molar-refractivity contribution in [3.8, 4) is 0 Å². The highest BCUT2D eigenvalue weighted by Crippen LogP contribution is 2.42. The van der Waals surface area contributed by atoms with E-state index < -0.39 is 28.8 Å². The number of carbonyl (C=O) groups is 2. The summed E-state index contributed by atoms with van der Waals surface area (Å²) >= 11 is 0. The molecule has 9 nitrogen and oxygen atoms in total. The van der Waals surface area contributed by atoms with Crippen LogP contribution in [0.2, 0.25) is 0 Å². The number of hydrogen-bond donors (Lipinski definition) is 3. The van der Waals surface area contributed by atoms with Gasteiger partial charge in [0.25, 0.3) is 5.91 Å². The van der Waals surface area contributed by atoms with Crippen LogP contribution in [-0.4, -0.2) is 93.3 Å². The van der Waals surface area contributed by atoms with Gasteiger partial charge in [0.2, 0.25) is 5.91 Å². The van der Waals surface area contributed by atoms with Crippen LogP contribution < -0.4 is 10.2 Å². The minimum absolute atomic E-state index is 0.0342. The summed E-state index contributed by atoms with van der Waals surface area (Å²) in [5.74, 6) is -0.769. The second kappa shape index (κ2) is 12.4. The van der Waals surface area contributed by atoms with Gasteiger partial charge in [0.05, 0.1) is 35.3 Å². The number of pyridine rings is 1. The van der Waals surface area contributed by atoms with Crippen LogP contribution in [0.5, 0.6) is 0 Å². The molecule has 1 saturated carbocycles. The zero-order valence-corrected chi connectivity index (χ0v) is 26.5. The molecule has 0 radical (unpaired) electrons. The molecule has 3 saturated heterocycles. The third kappa shape index (κ3) is 6.35. The van der Waals surface area contributed by atoms with Crippen LogP contribution in [0, 0.1) is 5.92 Å². The molecule has 0 spiro atoms. The number of fused-ring (bicyclic) bond motifs is 1. The number of nitrogens with one attached hydrogen (secondary N) is 1. The fourth-order valence-electron chi connectivity index (χ4n) is 8.00. The lowest BCUT2D eigenvalue weighted by Crippen LogP contribution is -2.47. The average Bonchev–Trinajstić information content (AvgIpc) is 3.76. The van der Waals surface area contributed by atoms with Gasteiger partial charge in [0, 0.05) is 49.9 Å².